The molecule has 1 saturated carbocycles. The Morgan fingerprint density at radius 1 is 1.08 bits per heavy atom. The minimum absolute atomic E-state index is 0.0382. The van der Waals surface area contributed by atoms with Gasteiger partial charge in [-0.15, -0.1) is 0 Å². The van der Waals surface area contributed by atoms with Gasteiger partial charge in [0.15, 0.2) is 0 Å². The highest BCUT2D eigenvalue weighted by atomic mass is 16.2. The summed E-state index contributed by atoms with van der Waals surface area (Å²) in [6, 6.07) is 0. The molecule has 2 aliphatic rings. The molecule has 1 aliphatic heterocycles. The second kappa shape index (κ2) is 2.57. The first kappa shape index (κ1) is 7.77. The smallest absolute Gasteiger partial charge is 0.233 e. The summed E-state index contributed by atoms with van der Waals surface area (Å²) in [5.41, 5.74) is 0. The third-order valence-electron chi connectivity index (χ3n) is 2.93. The van der Waals surface area contributed by atoms with Gasteiger partial charge < -0.3 is 0 Å². The number of amides is 2. The van der Waals surface area contributed by atoms with E-state index in [1.54, 1.807) is 0 Å². The maximum Gasteiger partial charge on any atom is 0.233 e. The Balaban J connectivity index is 2.25. The normalized spacial score (nSPS) is 35.6. The summed E-state index contributed by atoms with van der Waals surface area (Å²) in [5, 5.41) is 0. The highest BCUT2D eigenvalue weighted by molar-refractivity contribution is 6.05. The SMILES string of the molecule is [CH2]N1C(=O)C2CCCCC2C1=O. The lowest BCUT2D eigenvalue weighted by atomic mass is 9.81. The Bertz CT molecular complexity index is 213. The van der Waals surface area contributed by atoms with Crippen LogP contribution < -0.4 is 0 Å². The van der Waals surface area contributed by atoms with Crippen molar-refractivity contribution in [2.24, 2.45) is 11.8 Å². The van der Waals surface area contributed by atoms with Crippen molar-refractivity contribution in [1.29, 1.82) is 0 Å². The molecule has 0 N–H and O–H groups in total. The minimum Gasteiger partial charge on any atom is -0.280 e. The lowest BCUT2D eigenvalue weighted by molar-refractivity contribution is -0.136. The summed E-state index contributed by atoms with van der Waals surface area (Å²) in [7, 11) is 3.46. The molecule has 0 spiro atoms. The molecular weight excluding hydrogens is 154 g/mol. The number of hydrogen-bond donors (Lipinski definition) is 0. The zero-order valence-electron chi connectivity index (χ0n) is 6.95. The molecule has 1 heterocycles. The second-order valence-corrected chi connectivity index (χ2v) is 3.60. The van der Waals surface area contributed by atoms with Gasteiger partial charge in [-0.3, -0.25) is 14.5 Å². The number of hydrogen-bond acceptors (Lipinski definition) is 2. The maximum absolute atomic E-state index is 11.4. The van der Waals surface area contributed by atoms with Gasteiger partial charge in [-0.1, -0.05) is 12.8 Å². The predicted molar refractivity (Wildman–Crippen MR) is 42.7 cm³/mol. The summed E-state index contributed by atoms with van der Waals surface area (Å²) in [5.74, 6) is -0.207. The van der Waals surface area contributed by atoms with Crippen LogP contribution in [0.5, 0.6) is 0 Å². The van der Waals surface area contributed by atoms with E-state index in [0.717, 1.165) is 30.6 Å². The van der Waals surface area contributed by atoms with Crippen LogP contribution in [0.25, 0.3) is 0 Å². The van der Waals surface area contributed by atoms with Crippen molar-refractivity contribution in [3.8, 4) is 0 Å². The molecule has 3 heteroatoms. The van der Waals surface area contributed by atoms with Gasteiger partial charge in [-0.2, -0.15) is 0 Å². The fourth-order valence-electron chi connectivity index (χ4n) is 2.23. The third-order valence-corrected chi connectivity index (χ3v) is 2.93. The van der Waals surface area contributed by atoms with Crippen molar-refractivity contribution in [3.63, 3.8) is 0 Å². The zero-order chi connectivity index (χ0) is 8.72. The number of imide groups is 1. The van der Waals surface area contributed by atoms with Crippen molar-refractivity contribution < 1.29 is 9.59 Å². The fraction of sp³-hybridized carbons (Fsp3) is 0.667. The van der Waals surface area contributed by atoms with Crippen LogP contribution in [-0.4, -0.2) is 16.7 Å². The highest BCUT2D eigenvalue weighted by Crippen LogP contribution is 2.37. The molecule has 1 aliphatic carbocycles. The van der Waals surface area contributed by atoms with Crippen LogP contribution in [0.2, 0.25) is 0 Å². The standard InChI is InChI=1S/C9H12NO2/c1-10-8(11)6-4-2-3-5-7(6)9(10)12/h6-7H,1-5H2. The fourth-order valence-corrected chi connectivity index (χ4v) is 2.23. The molecule has 0 aromatic carbocycles. The first-order valence-electron chi connectivity index (χ1n) is 4.40. The summed E-state index contributed by atoms with van der Waals surface area (Å²) in [6.07, 6.45) is 3.91. The maximum atomic E-state index is 11.4. The minimum atomic E-state index is -0.0651. The molecule has 2 unspecified atom stereocenters. The quantitative estimate of drug-likeness (QED) is 0.502. The van der Waals surface area contributed by atoms with E-state index in [0.29, 0.717) is 0 Å². The van der Waals surface area contributed by atoms with Gasteiger partial charge in [0.05, 0.1) is 11.8 Å². The topological polar surface area (TPSA) is 37.4 Å². The summed E-state index contributed by atoms with van der Waals surface area (Å²) in [6.45, 7) is 0. The molecule has 1 saturated heterocycles. The Kier molecular flexibility index (Phi) is 1.67. The van der Waals surface area contributed by atoms with Crippen LogP contribution in [0.1, 0.15) is 25.7 Å². The molecule has 2 amide bonds. The van der Waals surface area contributed by atoms with Crippen LogP contribution in [0, 0.1) is 18.9 Å². The van der Waals surface area contributed by atoms with Crippen molar-refractivity contribution in [1.82, 2.24) is 4.90 Å². The molecule has 0 bridgehead atoms. The van der Waals surface area contributed by atoms with Crippen molar-refractivity contribution in [3.05, 3.63) is 7.05 Å². The molecule has 3 nitrogen and oxygen atoms in total. The van der Waals surface area contributed by atoms with Crippen molar-refractivity contribution in [2.75, 3.05) is 0 Å². The Morgan fingerprint density at radius 3 is 1.92 bits per heavy atom. The van der Waals surface area contributed by atoms with Crippen LogP contribution in [0.4, 0.5) is 0 Å². The molecule has 1 radical (unpaired) electrons. The first-order chi connectivity index (χ1) is 5.72. The van der Waals surface area contributed by atoms with Crippen LogP contribution in [0.15, 0.2) is 0 Å². The average molecular weight is 166 g/mol. The van der Waals surface area contributed by atoms with E-state index in [2.05, 4.69) is 7.05 Å². The number of carbonyl (C=O) groups excluding carboxylic acids is 2. The summed E-state index contributed by atoms with van der Waals surface area (Å²) >= 11 is 0. The first-order valence-corrected chi connectivity index (χ1v) is 4.40. The number of fused-ring (bicyclic) bond motifs is 1. The molecule has 0 aromatic heterocycles. The molecule has 2 rings (SSSR count). The van der Waals surface area contributed by atoms with Crippen molar-refractivity contribution >= 4 is 11.8 Å². The Morgan fingerprint density at radius 2 is 1.50 bits per heavy atom. The number of likely N-dealkylation sites (tertiary alicyclic amines) is 1. The lowest BCUT2D eigenvalue weighted by Gasteiger charge is -2.19. The van der Waals surface area contributed by atoms with Gasteiger partial charge in [-0.25, -0.2) is 0 Å². The monoisotopic (exact) mass is 166 g/mol. The average Bonchev–Trinajstić information content (AvgIpc) is 2.33. The molecular formula is C9H12NO2. The predicted octanol–water partition coefficient (Wildman–Crippen LogP) is 0.953. The highest BCUT2D eigenvalue weighted by Gasteiger charge is 2.46. The molecule has 12 heavy (non-hydrogen) atoms. The molecule has 0 aromatic rings. The largest absolute Gasteiger partial charge is 0.280 e. The van der Waals surface area contributed by atoms with E-state index in [1.165, 1.54) is 0 Å². The van der Waals surface area contributed by atoms with E-state index >= 15 is 0 Å². The zero-order valence-corrected chi connectivity index (χ0v) is 6.95. The number of nitrogens with zero attached hydrogens (tertiary/aromatic N) is 1. The van der Waals surface area contributed by atoms with E-state index in [1.807, 2.05) is 0 Å². The van der Waals surface area contributed by atoms with E-state index < -0.39 is 0 Å². The van der Waals surface area contributed by atoms with Crippen LogP contribution >= 0.6 is 0 Å². The van der Waals surface area contributed by atoms with Crippen LogP contribution in [-0.2, 0) is 9.59 Å². The molecule has 2 fully saturated rings. The molecule has 65 valence electrons. The van der Waals surface area contributed by atoms with E-state index in [-0.39, 0.29) is 23.7 Å². The second-order valence-electron chi connectivity index (χ2n) is 3.60. The van der Waals surface area contributed by atoms with Gasteiger partial charge in [0.25, 0.3) is 0 Å². The molecule has 2 atom stereocenters. The Labute approximate surface area is 71.7 Å². The number of rotatable bonds is 0. The van der Waals surface area contributed by atoms with Gasteiger partial charge in [0.2, 0.25) is 11.8 Å². The summed E-state index contributed by atoms with van der Waals surface area (Å²) in [4.78, 5) is 23.8. The van der Waals surface area contributed by atoms with Gasteiger partial charge in [-0.05, 0) is 12.8 Å². The Hall–Kier alpha value is -0.860. The van der Waals surface area contributed by atoms with Gasteiger partial charge >= 0.3 is 0 Å². The van der Waals surface area contributed by atoms with Gasteiger partial charge in [0.1, 0.15) is 0 Å². The van der Waals surface area contributed by atoms with Gasteiger partial charge in [0, 0.05) is 7.05 Å². The third kappa shape index (κ3) is 0.886. The number of carbonyl (C=O) groups is 2. The van der Waals surface area contributed by atoms with Crippen molar-refractivity contribution in [2.45, 2.75) is 25.7 Å². The van der Waals surface area contributed by atoms with Crippen LogP contribution in [0.3, 0.4) is 0 Å². The summed E-state index contributed by atoms with van der Waals surface area (Å²) < 4.78 is 0. The van der Waals surface area contributed by atoms with E-state index in [9.17, 15) is 9.59 Å². The lowest BCUT2D eigenvalue weighted by Crippen LogP contribution is -2.23. The van der Waals surface area contributed by atoms with E-state index in [4.69, 9.17) is 0 Å².